The third kappa shape index (κ3) is 1.11. The number of aryl methyl sites for hydroxylation is 2. The van der Waals surface area contributed by atoms with Crippen molar-refractivity contribution in [3.63, 3.8) is 0 Å². The Bertz CT molecular complexity index is 325. The molecule has 0 atom stereocenters. The van der Waals surface area contributed by atoms with Crippen LogP contribution in [0.1, 0.15) is 17.1 Å². The lowest BCUT2D eigenvalue weighted by Crippen LogP contribution is -2.19. The van der Waals surface area contributed by atoms with Crippen LogP contribution in [0.2, 0.25) is 0 Å². The number of rotatable bonds is 1. The second-order valence-electron chi connectivity index (χ2n) is 2.98. The predicted molar refractivity (Wildman–Crippen MR) is 47.6 cm³/mol. The minimum Gasteiger partial charge on any atom is -0.466 e. The normalized spacial score (nSPS) is 16.0. The van der Waals surface area contributed by atoms with Crippen LogP contribution in [0.15, 0.2) is 15.5 Å². The molecule has 2 heterocycles. The second-order valence-corrected chi connectivity index (χ2v) is 2.98. The van der Waals surface area contributed by atoms with Gasteiger partial charge in [0.25, 0.3) is 0 Å². The van der Waals surface area contributed by atoms with Crippen LogP contribution in [-0.4, -0.2) is 18.9 Å². The lowest BCUT2D eigenvalue weighted by Gasteiger charge is -1.97. The summed E-state index contributed by atoms with van der Waals surface area (Å²) in [6.45, 7) is 5.73. The van der Waals surface area contributed by atoms with E-state index >= 15 is 0 Å². The van der Waals surface area contributed by atoms with Crippen molar-refractivity contribution >= 4 is 5.84 Å². The number of nitrogens with one attached hydrogen (secondary N) is 1. The molecule has 12 heavy (non-hydrogen) atoms. The van der Waals surface area contributed by atoms with Crippen LogP contribution in [0.4, 0.5) is 0 Å². The first-order valence-electron chi connectivity index (χ1n) is 4.13. The van der Waals surface area contributed by atoms with Crippen LogP contribution >= 0.6 is 0 Å². The molecule has 0 spiro atoms. The van der Waals surface area contributed by atoms with Crippen LogP contribution in [0.3, 0.4) is 0 Å². The van der Waals surface area contributed by atoms with Gasteiger partial charge in [0.2, 0.25) is 0 Å². The lowest BCUT2D eigenvalue weighted by molar-refractivity contribution is 0.504. The van der Waals surface area contributed by atoms with Gasteiger partial charge in [-0.25, -0.2) is 0 Å². The predicted octanol–water partition coefficient (Wildman–Crippen LogP) is 1.25. The summed E-state index contributed by atoms with van der Waals surface area (Å²) in [5.41, 5.74) is 1.10. The molecule has 0 saturated carbocycles. The molecule has 1 N–H and O–H groups in total. The Balaban J connectivity index is 2.38. The van der Waals surface area contributed by atoms with E-state index in [1.165, 1.54) is 0 Å². The fraction of sp³-hybridized carbons (Fsp3) is 0.444. The molecule has 0 saturated heterocycles. The largest absolute Gasteiger partial charge is 0.466 e. The number of hydrogen-bond donors (Lipinski definition) is 1. The minimum absolute atomic E-state index is 0.874. The van der Waals surface area contributed by atoms with Crippen LogP contribution in [-0.2, 0) is 0 Å². The van der Waals surface area contributed by atoms with Crippen LogP contribution < -0.4 is 5.32 Å². The van der Waals surface area contributed by atoms with E-state index in [-0.39, 0.29) is 0 Å². The molecular weight excluding hydrogens is 152 g/mol. The lowest BCUT2D eigenvalue weighted by atomic mass is 10.2. The number of furan rings is 1. The summed E-state index contributed by atoms with van der Waals surface area (Å²) in [6.07, 6.45) is 0. The highest BCUT2D eigenvalue weighted by Crippen LogP contribution is 2.14. The van der Waals surface area contributed by atoms with Gasteiger partial charge in [0.05, 0.1) is 12.1 Å². The first-order valence-corrected chi connectivity index (χ1v) is 4.13. The van der Waals surface area contributed by atoms with Crippen molar-refractivity contribution in [2.75, 3.05) is 13.1 Å². The fourth-order valence-corrected chi connectivity index (χ4v) is 1.44. The van der Waals surface area contributed by atoms with Gasteiger partial charge in [-0.15, -0.1) is 0 Å². The summed E-state index contributed by atoms with van der Waals surface area (Å²) in [6, 6.07) is 2.02. The molecule has 0 unspecified atom stereocenters. The van der Waals surface area contributed by atoms with Crippen LogP contribution in [0.25, 0.3) is 0 Å². The zero-order valence-electron chi connectivity index (χ0n) is 7.35. The van der Waals surface area contributed by atoms with Crippen molar-refractivity contribution in [1.29, 1.82) is 0 Å². The Hall–Kier alpha value is -1.25. The first kappa shape index (κ1) is 7.40. The first-order chi connectivity index (χ1) is 5.77. The van der Waals surface area contributed by atoms with E-state index in [0.717, 1.165) is 36.0 Å². The quantitative estimate of drug-likeness (QED) is 0.678. The highest BCUT2D eigenvalue weighted by atomic mass is 16.3. The van der Waals surface area contributed by atoms with Crippen molar-refractivity contribution in [2.24, 2.45) is 4.99 Å². The summed E-state index contributed by atoms with van der Waals surface area (Å²) >= 11 is 0. The van der Waals surface area contributed by atoms with E-state index < -0.39 is 0 Å². The van der Waals surface area contributed by atoms with E-state index in [9.17, 15) is 0 Å². The van der Waals surface area contributed by atoms with E-state index in [1.807, 2.05) is 19.9 Å². The van der Waals surface area contributed by atoms with Crippen LogP contribution in [0.5, 0.6) is 0 Å². The Morgan fingerprint density at radius 1 is 1.50 bits per heavy atom. The van der Waals surface area contributed by atoms with E-state index in [0.29, 0.717) is 0 Å². The summed E-state index contributed by atoms with van der Waals surface area (Å²) < 4.78 is 5.41. The smallest absolute Gasteiger partial charge is 0.131 e. The van der Waals surface area contributed by atoms with Crippen molar-refractivity contribution in [3.05, 3.63) is 23.2 Å². The van der Waals surface area contributed by atoms with Gasteiger partial charge >= 0.3 is 0 Å². The van der Waals surface area contributed by atoms with Gasteiger partial charge in [-0.05, 0) is 19.9 Å². The average molecular weight is 164 g/mol. The highest BCUT2D eigenvalue weighted by Gasteiger charge is 2.13. The average Bonchev–Trinajstić information content (AvgIpc) is 2.58. The summed E-state index contributed by atoms with van der Waals surface area (Å²) in [5, 5.41) is 3.22. The molecular formula is C9H12N2O. The van der Waals surface area contributed by atoms with Crippen molar-refractivity contribution in [3.8, 4) is 0 Å². The third-order valence-electron chi connectivity index (χ3n) is 1.97. The summed E-state index contributed by atoms with van der Waals surface area (Å²) in [4.78, 5) is 4.33. The number of amidine groups is 1. The molecule has 1 aromatic heterocycles. The molecule has 64 valence electrons. The van der Waals surface area contributed by atoms with Crippen LogP contribution in [0, 0.1) is 13.8 Å². The molecule has 0 aliphatic carbocycles. The molecule has 2 rings (SSSR count). The number of aliphatic imine (C=N–C) groups is 1. The molecule has 1 aliphatic rings. The number of hydrogen-bond acceptors (Lipinski definition) is 3. The van der Waals surface area contributed by atoms with E-state index in [2.05, 4.69) is 10.3 Å². The molecule has 0 aromatic carbocycles. The molecule has 0 amide bonds. The van der Waals surface area contributed by atoms with Gasteiger partial charge in [-0.1, -0.05) is 0 Å². The molecule has 3 heteroatoms. The van der Waals surface area contributed by atoms with Crippen molar-refractivity contribution < 1.29 is 4.42 Å². The van der Waals surface area contributed by atoms with E-state index in [4.69, 9.17) is 4.42 Å². The number of nitrogens with zero attached hydrogens (tertiary/aromatic N) is 1. The Labute approximate surface area is 71.5 Å². The molecule has 1 aromatic rings. The second kappa shape index (κ2) is 2.66. The highest BCUT2D eigenvalue weighted by molar-refractivity contribution is 6.00. The molecule has 1 aliphatic heterocycles. The Morgan fingerprint density at radius 3 is 2.83 bits per heavy atom. The maximum atomic E-state index is 5.41. The van der Waals surface area contributed by atoms with Gasteiger partial charge in [0.1, 0.15) is 17.4 Å². The monoisotopic (exact) mass is 164 g/mol. The molecule has 3 nitrogen and oxygen atoms in total. The molecule has 0 bridgehead atoms. The fourth-order valence-electron chi connectivity index (χ4n) is 1.44. The van der Waals surface area contributed by atoms with Crippen molar-refractivity contribution in [2.45, 2.75) is 13.8 Å². The Morgan fingerprint density at radius 2 is 2.33 bits per heavy atom. The molecule has 0 radical (unpaired) electrons. The van der Waals surface area contributed by atoms with Gasteiger partial charge in [-0.3, -0.25) is 4.99 Å². The zero-order valence-corrected chi connectivity index (χ0v) is 7.35. The summed E-state index contributed by atoms with van der Waals surface area (Å²) in [5.74, 6) is 2.86. The zero-order chi connectivity index (χ0) is 8.55. The van der Waals surface area contributed by atoms with Gasteiger partial charge in [0.15, 0.2) is 0 Å². The van der Waals surface area contributed by atoms with E-state index in [1.54, 1.807) is 0 Å². The van der Waals surface area contributed by atoms with Gasteiger partial charge in [-0.2, -0.15) is 0 Å². The van der Waals surface area contributed by atoms with Gasteiger partial charge < -0.3 is 9.73 Å². The maximum Gasteiger partial charge on any atom is 0.131 e. The molecule has 0 fully saturated rings. The SMILES string of the molecule is Cc1cc(C2=NCCN2)c(C)o1. The minimum atomic E-state index is 0.874. The maximum absolute atomic E-state index is 5.41. The standard InChI is InChI=1S/C9H12N2O/c1-6-5-8(7(2)12-6)9-10-3-4-11-9/h5H,3-4H2,1-2H3,(H,10,11). The van der Waals surface area contributed by atoms with Crippen molar-refractivity contribution in [1.82, 2.24) is 5.32 Å². The topological polar surface area (TPSA) is 37.5 Å². The third-order valence-corrected chi connectivity index (χ3v) is 1.97. The Kier molecular flexibility index (Phi) is 1.64. The van der Waals surface area contributed by atoms with Gasteiger partial charge in [0, 0.05) is 6.54 Å². The summed E-state index contributed by atoms with van der Waals surface area (Å²) in [7, 11) is 0.